The largest absolute Gasteiger partial charge is 0.444 e. The number of nitrogens with one attached hydrogen (secondary N) is 1. The predicted octanol–water partition coefficient (Wildman–Crippen LogP) is 5.42. The molecule has 0 unspecified atom stereocenters. The number of benzene rings is 1. The third-order valence-corrected chi connectivity index (χ3v) is 4.55. The molecule has 0 aliphatic rings. The van der Waals surface area contributed by atoms with Crippen molar-refractivity contribution in [3.05, 3.63) is 29.1 Å². The molecule has 3 rings (SSSR count). The Balaban J connectivity index is 1.93. The molecule has 7 heteroatoms. The number of rotatable bonds is 3. The first-order valence-corrected chi connectivity index (χ1v) is 8.91. The average molecular weight is 359 g/mol. The van der Waals surface area contributed by atoms with Gasteiger partial charge in [-0.3, -0.25) is 5.32 Å². The molecule has 0 radical (unpaired) electrons. The lowest BCUT2D eigenvalue weighted by Gasteiger charge is -2.18. The van der Waals surface area contributed by atoms with E-state index >= 15 is 0 Å². The van der Waals surface area contributed by atoms with Crippen molar-refractivity contribution < 1.29 is 13.9 Å². The molecule has 0 saturated carbocycles. The number of oxazole rings is 1. The predicted molar refractivity (Wildman–Crippen MR) is 99.1 cm³/mol. The molecule has 25 heavy (non-hydrogen) atoms. The zero-order valence-corrected chi connectivity index (χ0v) is 15.7. The third kappa shape index (κ3) is 3.99. The van der Waals surface area contributed by atoms with Gasteiger partial charge in [0.15, 0.2) is 10.7 Å². The molecule has 3 aromatic rings. The van der Waals surface area contributed by atoms with Crippen molar-refractivity contribution in [3.8, 4) is 11.6 Å². The van der Waals surface area contributed by atoms with Gasteiger partial charge >= 0.3 is 6.09 Å². The summed E-state index contributed by atoms with van der Waals surface area (Å²) >= 11 is 1.40. The van der Waals surface area contributed by atoms with Gasteiger partial charge in [0.1, 0.15) is 16.8 Å². The molecule has 0 aliphatic carbocycles. The van der Waals surface area contributed by atoms with E-state index in [1.54, 1.807) is 0 Å². The summed E-state index contributed by atoms with van der Waals surface area (Å²) in [7, 11) is 0. The quantitative estimate of drug-likeness (QED) is 0.675. The molecule has 0 saturated heterocycles. The van der Waals surface area contributed by atoms with E-state index in [-0.39, 0.29) is 5.92 Å². The Bertz CT molecular complexity index is 873. The topological polar surface area (TPSA) is 77.2 Å². The van der Waals surface area contributed by atoms with Gasteiger partial charge in [-0.25, -0.2) is 14.8 Å². The van der Waals surface area contributed by atoms with Crippen molar-refractivity contribution in [1.82, 2.24) is 9.97 Å². The van der Waals surface area contributed by atoms with Crippen LogP contribution < -0.4 is 5.32 Å². The second-order valence-corrected chi connectivity index (χ2v) is 8.03. The smallest absolute Gasteiger partial charge is 0.413 e. The number of amides is 1. The minimum Gasteiger partial charge on any atom is -0.444 e. The number of thiazole rings is 1. The van der Waals surface area contributed by atoms with Crippen LogP contribution in [0.5, 0.6) is 0 Å². The van der Waals surface area contributed by atoms with E-state index < -0.39 is 11.7 Å². The van der Waals surface area contributed by atoms with Crippen LogP contribution in [0.2, 0.25) is 0 Å². The molecular formula is C18H21N3O3S. The number of ether oxygens (including phenoxy) is 1. The lowest BCUT2D eigenvalue weighted by molar-refractivity contribution is 0.0636. The van der Waals surface area contributed by atoms with Crippen LogP contribution in [0.25, 0.3) is 22.7 Å². The van der Waals surface area contributed by atoms with Crippen molar-refractivity contribution >= 4 is 33.7 Å². The first-order chi connectivity index (χ1) is 11.7. The van der Waals surface area contributed by atoms with Gasteiger partial charge in [-0.1, -0.05) is 26.0 Å². The fourth-order valence-electron chi connectivity index (χ4n) is 2.29. The summed E-state index contributed by atoms with van der Waals surface area (Å²) in [6, 6.07) is 7.57. The van der Waals surface area contributed by atoms with Gasteiger partial charge < -0.3 is 9.15 Å². The van der Waals surface area contributed by atoms with Crippen LogP contribution in [0, 0.1) is 0 Å². The standard InChI is InChI=1S/C18H21N3O3S/c1-10(2)14-13(15-19-11-8-6-7-9-12(11)23-15)20-16(25-14)21-17(22)24-18(3,4)5/h6-10H,1-5H3,(H,20,21,22). The summed E-state index contributed by atoms with van der Waals surface area (Å²) in [4.78, 5) is 22.0. The SMILES string of the molecule is CC(C)c1sc(NC(=O)OC(C)(C)C)nc1-c1nc2ccccc2o1. The van der Waals surface area contributed by atoms with Gasteiger partial charge in [0.05, 0.1) is 0 Å². The van der Waals surface area contributed by atoms with Crippen molar-refractivity contribution in [2.75, 3.05) is 5.32 Å². The highest BCUT2D eigenvalue weighted by Crippen LogP contribution is 2.37. The summed E-state index contributed by atoms with van der Waals surface area (Å²) in [5, 5.41) is 3.16. The van der Waals surface area contributed by atoms with E-state index in [2.05, 4.69) is 29.1 Å². The summed E-state index contributed by atoms with van der Waals surface area (Å²) in [6.45, 7) is 9.58. The summed E-state index contributed by atoms with van der Waals surface area (Å²) in [5.41, 5.74) is 1.58. The Kier molecular flexibility index (Phi) is 4.51. The highest BCUT2D eigenvalue weighted by atomic mass is 32.1. The molecule has 0 atom stereocenters. The summed E-state index contributed by atoms with van der Waals surface area (Å²) in [5.74, 6) is 0.676. The molecule has 0 fully saturated rings. The van der Waals surface area contributed by atoms with Crippen LogP contribution in [0.1, 0.15) is 45.4 Å². The first kappa shape index (κ1) is 17.4. The number of anilines is 1. The third-order valence-electron chi connectivity index (χ3n) is 3.28. The van der Waals surface area contributed by atoms with Crippen LogP contribution in [0.4, 0.5) is 9.93 Å². The molecule has 1 amide bonds. The van der Waals surface area contributed by atoms with E-state index in [1.165, 1.54) is 11.3 Å². The Morgan fingerprint density at radius 2 is 1.96 bits per heavy atom. The van der Waals surface area contributed by atoms with E-state index in [0.717, 1.165) is 10.4 Å². The maximum Gasteiger partial charge on any atom is 0.413 e. The molecule has 0 bridgehead atoms. The highest BCUT2D eigenvalue weighted by molar-refractivity contribution is 7.16. The van der Waals surface area contributed by atoms with Gasteiger partial charge in [0.25, 0.3) is 0 Å². The summed E-state index contributed by atoms with van der Waals surface area (Å²) < 4.78 is 11.1. The van der Waals surface area contributed by atoms with Crippen molar-refractivity contribution in [2.45, 2.75) is 46.1 Å². The van der Waals surface area contributed by atoms with Gasteiger partial charge in [-0.15, -0.1) is 11.3 Å². The van der Waals surface area contributed by atoms with Gasteiger partial charge in [0, 0.05) is 4.88 Å². The van der Waals surface area contributed by atoms with E-state index in [1.807, 2.05) is 45.0 Å². The number of hydrogen-bond acceptors (Lipinski definition) is 6. The molecule has 132 valence electrons. The lowest BCUT2D eigenvalue weighted by atomic mass is 10.1. The zero-order valence-electron chi connectivity index (χ0n) is 14.9. The number of carbonyl (C=O) groups excluding carboxylic acids is 1. The first-order valence-electron chi connectivity index (χ1n) is 8.09. The second kappa shape index (κ2) is 6.48. The summed E-state index contributed by atoms with van der Waals surface area (Å²) in [6.07, 6.45) is -0.527. The van der Waals surface area contributed by atoms with E-state index in [9.17, 15) is 4.79 Å². The fourth-order valence-corrected chi connectivity index (χ4v) is 3.24. The molecular weight excluding hydrogens is 338 g/mol. The van der Waals surface area contributed by atoms with Crippen LogP contribution in [-0.4, -0.2) is 21.7 Å². The highest BCUT2D eigenvalue weighted by Gasteiger charge is 2.23. The zero-order chi connectivity index (χ0) is 18.2. The van der Waals surface area contributed by atoms with Crippen molar-refractivity contribution in [1.29, 1.82) is 0 Å². The Hall–Kier alpha value is -2.41. The monoisotopic (exact) mass is 359 g/mol. The number of aromatic nitrogens is 2. The number of para-hydroxylation sites is 2. The number of hydrogen-bond donors (Lipinski definition) is 1. The fraction of sp³-hybridized carbons (Fsp3) is 0.389. The maximum atomic E-state index is 12.0. The van der Waals surface area contributed by atoms with Crippen LogP contribution >= 0.6 is 11.3 Å². The Morgan fingerprint density at radius 3 is 2.60 bits per heavy atom. The minimum atomic E-state index is -0.564. The van der Waals surface area contributed by atoms with Gasteiger partial charge in [-0.05, 0) is 38.8 Å². The molecule has 6 nitrogen and oxygen atoms in total. The molecule has 2 aromatic heterocycles. The van der Waals surface area contributed by atoms with Crippen LogP contribution in [0.15, 0.2) is 28.7 Å². The lowest BCUT2D eigenvalue weighted by Crippen LogP contribution is -2.27. The average Bonchev–Trinajstić information content (AvgIpc) is 3.08. The van der Waals surface area contributed by atoms with Crippen molar-refractivity contribution in [3.63, 3.8) is 0 Å². The molecule has 2 heterocycles. The second-order valence-electron chi connectivity index (χ2n) is 7.00. The van der Waals surface area contributed by atoms with E-state index in [4.69, 9.17) is 9.15 Å². The normalized spacial score (nSPS) is 11.9. The Morgan fingerprint density at radius 1 is 1.24 bits per heavy atom. The van der Waals surface area contributed by atoms with Crippen molar-refractivity contribution in [2.24, 2.45) is 0 Å². The van der Waals surface area contributed by atoms with Gasteiger partial charge in [0.2, 0.25) is 5.89 Å². The molecule has 1 aromatic carbocycles. The number of nitrogens with zero attached hydrogens (tertiary/aromatic N) is 2. The van der Waals surface area contributed by atoms with E-state index in [0.29, 0.717) is 22.3 Å². The molecule has 0 aliphatic heterocycles. The minimum absolute atomic E-state index is 0.219. The Labute approximate surface area is 150 Å². The van der Waals surface area contributed by atoms with Crippen LogP contribution in [-0.2, 0) is 4.74 Å². The maximum absolute atomic E-state index is 12.0. The number of fused-ring (bicyclic) bond motifs is 1. The molecule has 1 N–H and O–H groups in total. The van der Waals surface area contributed by atoms with Gasteiger partial charge in [-0.2, -0.15) is 0 Å². The molecule has 0 spiro atoms. The number of carbonyl (C=O) groups is 1. The van der Waals surface area contributed by atoms with Crippen LogP contribution in [0.3, 0.4) is 0 Å².